The Labute approximate surface area is 473 Å². The molecule has 0 N–H and O–H groups in total. The van der Waals surface area contributed by atoms with Gasteiger partial charge in [-0.2, -0.15) is 0 Å². The zero-order chi connectivity index (χ0) is 55.3. The number of Topliss-reactive ketones (excluding diaryl/α,β-unsaturated/α-hetero) is 4. The molecule has 0 saturated carbocycles. The standard InChI is InChI=1S/C40H25NO2.C36H23NO2/c42-39-35-23-28-12-6-7-13-29(28)24-36(35)40(43)37(39)25-30-19-21-38(34-17-9-8-16-33(30)34)41(31-14-2-1-3-15-31)32-20-18-26-10-4-5-11-27(26)22-32;38-35-31-21-24-11-7-8-12-25(24)22-32(31)36(39)33(35)23-26-19-20-34(30-18-10-9-17-29(26)30)37(27-13-3-1-4-14-27)28-15-5-2-6-16-28/h1-25H;1-23H. The van der Waals surface area contributed by atoms with Crippen molar-refractivity contribution in [3.05, 3.63) is 324 Å². The maximum atomic E-state index is 13.5. The highest BCUT2D eigenvalue weighted by atomic mass is 16.2. The van der Waals surface area contributed by atoms with E-state index in [1.807, 2.05) is 170 Å². The van der Waals surface area contributed by atoms with Crippen LogP contribution in [0.2, 0.25) is 0 Å². The molecule has 386 valence electrons. The molecule has 2 aliphatic rings. The smallest absolute Gasteiger partial charge is 0.197 e. The molecule has 0 bridgehead atoms. The third-order valence-corrected chi connectivity index (χ3v) is 15.7. The molecular formula is C76H48N2O4. The van der Waals surface area contributed by atoms with Gasteiger partial charge in [0.15, 0.2) is 23.1 Å². The Morgan fingerprint density at radius 1 is 0.232 bits per heavy atom. The Morgan fingerprint density at radius 2 is 0.524 bits per heavy atom. The van der Waals surface area contributed by atoms with Crippen LogP contribution in [0.1, 0.15) is 52.6 Å². The van der Waals surface area contributed by atoms with Gasteiger partial charge in [-0.05, 0) is 151 Å². The van der Waals surface area contributed by atoms with Gasteiger partial charge in [-0.15, -0.1) is 0 Å². The molecule has 0 unspecified atom stereocenters. The number of rotatable bonds is 8. The summed E-state index contributed by atoms with van der Waals surface area (Å²) in [5.74, 6) is -0.879. The number of benzene rings is 13. The van der Waals surface area contributed by atoms with Crippen LogP contribution in [0.5, 0.6) is 0 Å². The van der Waals surface area contributed by atoms with E-state index in [2.05, 4.69) is 119 Å². The molecule has 13 aromatic carbocycles. The van der Waals surface area contributed by atoms with Gasteiger partial charge in [0.05, 0.1) is 22.5 Å². The van der Waals surface area contributed by atoms with Crippen molar-refractivity contribution in [3.63, 3.8) is 0 Å². The second kappa shape index (κ2) is 20.6. The normalized spacial score (nSPS) is 12.7. The van der Waals surface area contributed by atoms with Gasteiger partial charge in [-0.3, -0.25) is 19.2 Å². The van der Waals surface area contributed by atoms with E-state index in [-0.39, 0.29) is 34.3 Å². The molecule has 0 radical (unpaired) electrons. The monoisotopic (exact) mass is 1050 g/mol. The van der Waals surface area contributed by atoms with Crippen molar-refractivity contribution >= 4 is 123 Å². The minimum atomic E-state index is -0.221. The fourth-order valence-electron chi connectivity index (χ4n) is 11.7. The molecule has 13 aromatic rings. The SMILES string of the molecule is O=C1C(=Cc2ccc(N(c3ccccc3)c3ccc4ccccc4c3)c3ccccc23)C(=O)c2cc3ccccc3cc21.O=C1C(=Cc2ccc(N(c3ccccc3)c3ccccc3)c3ccccc23)C(=O)c2cc3ccccc3cc21. The number of para-hydroxylation sites is 3. The summed E-state index contributed by atoms with van der Waals surface area (Å²) >= 11 is 0. The molecule has 0 aliphatic heterocycles. The lowest BCUT2D eigenvalue weighted by Gasteiger charge is -2.27. The van der Waals surface area contributed by atoms with Crippen molar-refractivity contribution in [1.82, 2.24) is 0 Å². The van der Waals surface area contributed by atoms with Crippen molar-refractivity contribution in [2.24, 2.45) is 0 Å². The lowest BCUT2D eigenvalue weighted by molar-refractivity contribution is 0.0975. The molecule has 0 heterocycles. The molecule has 0 saturated heterocycles. The number of anilines is 6. The molecule has 2 aliphatic carbocycles. The molecule has 0 spiro atoms. The third kappa shape index (κ3) is 8.72. The van der Waals surface area contributed by atoms with Crippen LogP contribution in [-0.2, 0) is 0 Å². The topological polar surface area (TPSA) is 74.8 Å². The first-order valence-electron chi connectivity index (χ1n) is 27.3. The van der Waals surface area contributed by atoms with Gasteiger partial charge in [-0.25, -0.2) is 0 Å². The van der Waals surface area contributed by atoms with E-state index in [9.17, 15) is 19.2 Å². The fourth-order valence-corrected chi connectivity index (χ4v) is 11.7. The van der Waals surface area contributed by atoms with E-state index in [1.165, 1.54) is 5.39 Å². The number of fused-ring (bicyclic) bond motifs is 7. The van der Waals surface area contributed by atoms with Gasteiger partial charge >= 0.3 is 0 Å². The van der Waals surface area contributed by atoms with Crippen LogP contribution in [0.15, 0.2) is 290 Å². The van der Waals surface area contributed by atoms with E-state index in [4.69, 9.17) is 0 Å². The van der Waals surface area contributed by atoms with E-state index in [0.717, 1.165) is 93.7 Å². The summed E-state index contributed by atoms with van der Waals surface area (Å²) < 4.78 is 0. The highest BCUT2D eigenvalue weighted by Gasteiger charge is 2.35. The number of carbonyl (C=O) groups excluding carboxylic acids is 4. The molecule has 0 fully saturated rings. The highest BCUT2D eigenvalue weighted by molar-refractivity contribution is 6.43. The summed E-state index contributed by atoms with van der Waals surface area (Å²) in [6.07, 6.45) is 3.53. The van der Waals surface area contributed by atoms with Gasteiger partial charge in [0.2, 0.25) is 0 Å². The Bertz CT molecular complexity index is 4680. The fraction of sp³-hybridized carbons (Fsp3) is 0. The number of ketones is 4. The number of hydrogen-bond acceptors (Lipinski definition) is 6. The van der Waals surface area contributed by atoms with Crippen LogP contribution in [0.4, 0.5) is 34.1 Å². The summed E-state index contributed by atoms with van der Waals surface area (Å²) in [5.41, 5.74) is 10.2. The van der Waals surface area contributed by atoms with E-state index >= 15 is 0 Å². The van der Waals surface area contributed by atoms with Crippen molar-refractivity contribution in [3.8, 4) is 0 Å². The highest BCUT2D eigenvalue weighted by Crippen LogP contribution is 2.44. The summed E-state index contributed by atoms with van der Waals surface area (Å²) in [7, 11) is 0. The van der Waals surface area contributed by atoms with Crippen molar-refractivity contribution in [1.29, 1.82) is 0 Å². The maximum Gasteiger partial charge on any atom is 0.197 e. The average Bonchev–Trinajstić information content (AvgIpc) is 4.07. The second-order valence-electron chi connectivity index (χ2n) is 20.6. The third-order valence-electron chi connectivity index (χ3n) is 15.7. The van der Waals surface area contributed by atoms with Crippen molar-refractivity contribution < 1.29 is 19.2 Å². The molecule has 0 amide bonds. The first-order chi connectivity index (χ1) is 40.3. The first-order valence-corrected chi connectivity index (χ1v) is 27.3. The van der Waals surface area contributed by atoms with Gasteiger partial charge < -0.3 is 9.80 Å². The van der Waals surface area contributed by atoms with Crippen LogP contribution in [0.25, 0.3) is 66.0 Å². The predicted octanol–water partition coefficient (Wildman–Crippen LogP) is 19.0. The quantitative estimate of drug-likeness (QED) is 0.111. The van der Waals surface area contributed by atoms with E-state index in [0.29, 0.717) is 22.3 Å². The van der Waals surface area contributed by atoms with Crippen LogP contribution in [-0.4, -0.2) is 23.1 Å². The van der Waals surface area contributed by atoms with Crippen LogP contribution >= 0.6 is 0 Å². The van der Waals surface area contributed by atoms with Gasteiger partial charge in [0, 0.05) is 55.8 Å². The number of carbonyl (C=O) groups is 4. The van der Waals surface area contributed by atoms with Crippen LogP contribution in [0, 0.1) is 0 Å². The molecule has 6 nitrogen and oxygen atoms in total. The summed E-state index contributed by atoms with van der Waals surface area (Å²) in [5, 5.41) is 10.2. The van der Waals surface area contributed by atoms with Gasteiger partial charge in [0.25, 0.3) is 0 Å². The van der Waals surface area contributed by atoms with Crippen molar-refractivity contribution in [2.45, 2.75) is 0 Å². The zero-order valence-corrected chi connectivity index (χ0v) is 44.2. The van der Waals surface area contributed by atoms with E-state index < -0.39 is 0 Å². The van der Waals surface area contributed by atoms with E-state index in [1.54, 1.807) is 12.2 Å². The minimum Gasteiger partial charge on any atom is -0.310 e. The summed E-state index contributed by atoms with van der Waals surface area (Å²) in [6, 6.07) is 93.2. The van der Waals surface area contributed by atoms with Crippen LogP contribution < -0.4 is 9.80 Å². The van der Waals surface area contributed by atoms with Gasteiger partial charge in [0.1, 0.15) is 0 Å². The largest absolute Gasteiger partial charge is 0.310 e. The Morgan fingerprint density at radius 3 is 0.890 bits per heavy atom. The zero-order valence-electron chi connectivity index (χ0n) is 44.2. The minimum absolute atomic E-state index is 0.206. The lowest BCUT2D eigenvalue weighted by Crippen LogP contribution is -2.10. The second-order valence-corrected chi connectivity index (χ2v) is 20.6. The summed E-state index contributed by atoms with van der Waals surface area (Å²) in [4.78, 5) is 58.5. The Hall–Kier alpha value is -11.1. The Kier molecular flexibility index (Phi) is 12.4. The molecule has 6 heteroatoms. The maximum absolute atomic E-state index is 13.5. The number of hydrogen-bond donors (Lipinski definition) is 0. The number of nitrogens with zero attached hydrogens (tertiary/aromatic N) is 2. The molecular weight excluding hydrogens is 1000 g/mol. The molecule has 0 atom stereocenters. The predicted molar refractivity (Wildman–Crippen MR) is 336 cm³/mol. The average molecular weight is 1050 g/mol. The first kappa shape index (κ1) is 49.2. The number of allylic oxidation sites excluding steroid dienone is 2. The molecule has 15 rings (SSSR count). The Balaban J connectivity index is 0.000000147. The van der Waals surface area contributed by atoms with Gasteiger partial charge in [-0.1, -0.05) is 194 Å². The van der Waals surface area contributed by atoms with Crippen molar-refractivity contribution in [2.75, 3.05) is 9.80 Å². The summed E-state index contributed by atoms with van der Waals surface area (Å²) in [6.45, 7) is 0. The van der Waals surface area contributed by atoms with Crippen LogP contribution in [0.3, 0.4) is 0 Å². The molecule has 82 heavy (non-hydrogen) atoms. The molecule has 0 aromatic heterocycles. The lowest BCUT2D eigenvalue weighted by atomic mass is 9.98.